The van der Waals surface area contributed by atoms with Crippen molar-refractivity contribution in [3.05, 3.63) is 23.8 Å². The molecule has 0 aliphatic rings. The number of hydrogen-bond donors (Lipinski definition) is 1. The standard InChI is InChI=1S/C12H21N3O/c1-4-12(5-2,16-6-3)11-14-8-7-10(9-13)15-11/h7-8H,4-6,9,13H2,1-3H3. The third kappa shape index (κ3) is 2.57. The van der Waals surface area contributed by atoms with Crippen molar-refractivity contribution >= 4 is 0 Å². The summed E-state index contributed by atoms with van der Waals surface area (Å²) >= 11 is 0. The van der Waals surface area contributed by atoms with Gasteiger partial charge in [0.1, 0.15) is 5.60 Å². The van der Waals surface area contributed by atoms with Crippen molar-refractivity contribution in [1.29, 1.82) is 0 Å². The summed E-state index contributed by atoms with van der Waals surface area (Å²) in [6.45, 7) is 7.28. The molecule has 0 spiro atoms. The van der Waals surface area contributed by atoms with Gasteiger partial charge >= 0.3 is 0 Å². The predicted octanol–water partition coefficient (Wildman–Crippen LogP) is 1.99. The highest BCUT2D eigenvalue weighted by atomic mass is 16.5. The van der Waals surface area contributed by atoms with Crippen LogP contribution < -0.4 is 5.73 Å². The quantitative estimate of drug-likeness (QED) is 0.801. The van der Waals surface area contributed by atoms with E-state index < -0.39 is 0 Å². The summed E-state index contributed by atoms with van der Waals surface area (Å²) in [6.07, 6.45) is 3.49. The Morgan fingerprint density at radius 3 is 2.50 bits per heavy atom. The van der Waals surface area contributed by atoms with E-state index in [0.717, 1.165) is 24.4 Å². The first-order chi connectivity index (χ1) is 7.72. The van der Waals surface area contributed by atoms with Crippen molar-refractivity contribution in [2.24, 2.45) is 5.73 Å². The van der Waals surface area contributed by atoms with Crippen molar-refractivity contribution in [3.63, 3.8) is 0 Å². The lowest BCUT2D eigenvalue weighted by atomic mass is 9.96. The molecule has 2 N–H and O–H groups in total. The molecule has 0 aliphatic carbocycles. The average molecular weight is 223 g/mol. The van der Waals surface area contributed by atoms with E-state index in [9.17, 15) is 0 Å². The summed E-state index contributed by atoms with van der Waals surface area (Å²) < 4.78 is 5.85. The van der Waals surface area contributed by atoms with Crippen LogP contribution >= 0.6 is 0 Å². The molecule has 0 fully saturated rings. The number of ether oxygens (including phenoxy) is 1. The Morgan fingerprint density at radius 2 is 2.00 bits per heavy atom. The summed E-state index contributed by atoms with van der Waals surface area (Å²) in [5.74, 6) is 0.752. The van der Waals surface area contributed by atoms with Gasteiger partial charge in [-0.15, -0.1) is 0 Å². The molecule has 1 heterocycles. The second kappa shape index (κ2) is 5.92. The molecule has 0 amide bonds. The van der Waals surface area contributed by atoms with Gasteiger partial charge < -0.3 is 10.5 Å². The van der Waals surface area contributed by atoms with E-state index in [1.165, 1.54) is 0 Å². The van der Waals surface area contributed by atoms with Gasteiger partial charge in [0, 0.05) is 19.3 Å². The molecule has 0 radical (unpaired) electrons. The molecule has 0 atom stereocenters. The SMILES string of the molecule is CCOC(CC)(CC)c1nccc(CN)n1. The molecule has 1 aromatic rings. The number of aromatic nitrogens is 2. The molecule has 4 heteroatoms. The van der Waals surface area contributed by atoms with Gasteiger partial charge in [0.15, 0.2) is 5.82 Å². The number of hydrogen-bond acceptors (Lipinski definition) is 4. The highest BCUT2D eigenvalue weighted by Crippen LogP contribution is 2.30. The first-order valence-electron chi connectivity index (χ1n) is 5.88. The van der Waals surface area contributed by atoms with Gasteiger partial charge in [-0.05, 0) is 25.8 Å². The Morgan fingerprint density at radius 1 is 1.31 bits per heavy atom. The van der Waals surface area contributed by atoms with Gasteiger partial charge in [-0.2, -0.15) is 0 Å². The topological polar surface area (TPSA) is 61.0 Å². The minimum atomic E-state index is -0.361. The van der Waals surface area contributed by atoms with Crippen LogP contribution in [0.5, 0.6) is 0 Å². The fourth-order valence-corrected chi connectivity index (χ4v) is 1.84. The first-order valence-corrected chi connectivity index (χ1v) is 5.88. The molecular weight excluding hydrogens is 202 g/mol. The van der Waals surface area contributed by atoms with E-state index >= 15 is 0 Å². The Kier molecular flexibility index (Phi) is 4.83. The largest absolute Gasteiger partial charge is 0.367 e. The lowest BCUT2D eigenvalue weighted by Gasteiger charge is -2.29. The fourth-order valence-electron chi connectivity index (χ4n) is 1.84. The monoisotopic (exact) mass is 223 g/mol. The van der Waals surface area contributed by atoms with Crippen LogP contribution in [0.3, 0.4) is 0 Å². The van der Waals surface area contributed by atoms with Crippen molar-refractivity contribution in [2.45, 2.75) is 45.8 Å². The zero-order chi connectivity index (χ0) is 12.0. The molecular formula is C12H21N3O. The third-order valence-corrected chi connectivity index (χ3v) is 2.89. The van der Waals surface area contributed by atoms with Crippen molar-refractivity contribution in [3.8, 4) is 0 Å². The lowest BCUT2D eigenvalue weighted by Crippen LogP contribution is -2.31. The molecule has 4 nitrogen and oxygen atoms in total. The molecule has 0 saturated carbocycles. The Hall–Kier alpha value is -1.00. The Balaban J connectivity index is 3.08. The molecule has 0 bridgehead atoms. The predicted molar refractivity (Wildman–Crippen MR) is 63.8 cm³/mol. The second-order valence-corrected chi connectivity index (χ2v) is 3.71. The first kappa shape index (κ1) is 13.1. The summed E-state index contributed by atoms with van der Waals surface area (Å²) in [5, 5.41) is 0. The van der Waals surface area contributed by atoms with E-state index in [2.05, 4.69) is 23.8 Å². The fraction of sp³-hybridized carbons (Fsp3) is 0.667. The van der Waals surface area contributed by atoms with E-state index in [1.807, 2.05) is 13.0 Å². The van der Waals surface area contributed by atoms with Crippen molar-refractivity contribution < 1.29 is 4.74 Å². The molecule has 0 unspecified atom stereocenters. The molecule has 90 valence electrons. The third-order valence-electron chi connectivity index (χ3n) is 2.89. The summed E-state index contributed by atoms with van der Waals surface area (Å²) in [5.41, 5.74) is 6.08. The van der Waals surface area contributed by atoms with Crippen molar-refractivity contribution in [2.75, 3.05) is 6.61 Å². The van der Waals surface area contributed by atoms with Crippen LogP contribution in [0.1, 0.15) is 45.1 Å². The van der Waals surface area contributed by atoms with Crippen LogP contribution in [-0.4, -0.2) is 16.6 Å². The number of nitrogens with two attached hydrogens (primary N) is 1. The number of nitrogens with zero attached hydrogens (tertiary/aromatic N) is 2. The van der Waals surface area contributed by atoms with E-state index in [4.69, 9.17) is 10.5 Å². The van der Waals surface area contributed by atoms with Gasteiger partial charge in [0.05, 0.1) is 5.69 Å². The van der Waals surface area contributed by atoms with E-state index in [0.29, 0.717) is 13.2 Å². The van der Waals surface area contributed by atoms with Crippen LogP contribution in [0.4, 0.5) is 0 Å². The van der Waals surface area contributed by atoms with Crippen LogP contribution in [0.15, 0.2) is 12.3 Å². The van der Waals surface area contributed by atoms with Gasteiger partial charge in [-0.3, -0.25) is 0 Å². The van der Waals surface area contributed by atoms with E-state index in [1.54, 1.807) is 6.20 Å². The van der Waals surface area contributed by atoms with Gasteiger partial charge in [-0.1, -0.05) is 13.8 Å². The van der Waals surface area contributed by atoms with Gasteiger partial charge in [0.2, 0.25) is 0 Å². The second-order valence-electron chi connectivity index (χ2n) is 3.71. The number of rotatable bonds is 6. The maximum atomic E-state index is 5.85. The normalized spacial score (nSPS) is 11.8. The summed E-state index contributed by atoms with van der Waals surface area (Å²) in [7, 11) is 0. The van der Waals surface area contributed by atoms with Crippen LogP contribution in [0.2, 0.25) is 0 Å². The Bertz CT molecular complexity index is 324. The van der Waals surface area contributed by atoms with E-state index in [-0.39, 0.29) is 5.60 Å². The molecule has 0 aliphatic heterocycles. The Labute approximate surface area is 97.2 Å². The van der Waals surface area contributed by atoms with Gasteiger partial charge in [-0.25, -0.2) is 9.97 Å². The molecule has 16 heavy (non-hydrogen) atoms. The maximum absolute atomic E-state index is 5.85. The smallest absolute Gasteiger partial charge is 0.160 e. The minimum absolute atomic E-state index is 0.361. The van der Waals surface area contributed by atoms with Crippen molar-refractivity contribution in [1.82, 2.24) is 9.97 Å². The highest BCUT2D eigenvalue weighted by Gasteiger charge is 2.32. The van der Waals surface area contributed by atoms with Crippen LogP contribution in [-0.2, 0) is 16.9 Å². The molecule has 0 saturated heterocycles. The lowest BCUT2D eigenvalue weighted by molar-refractivity contribution is -0.0573. The summed E-state index contributed by atoms with van der Waals surface area (Å²) in [4.78, 5) is 8.79. The minimum Gasteiger partial charge on any atom is -0.367 e. The molecule has 1 rings (SSSR count). The average Bonchev–Trinajstić information content (AvgIpc) is 2.36. The molecule has 1 aromatic heterocycles. The van der Waals surface area contributed by atoms with Crippen LogP contribution in [0, 0.1) is 0 Å². The summed E-state index contributed by atoms with van der Waals surface area (Å²) in [6, 6.07) is 1.84. The highest BCUT2D eigenvalue weighted by molar-refractivity contribution is 5.08. The van der Waals surface area contributed by atoms with Gasteiger partial charge in [0.25, 0.3) is 0 Å². The maximum Gasteiger partial charge on any atom is 0.160 e. The van der Waals surface area contributed by atoms with Crippen LogP contribution in [0.25, 0.3) is 0 Å². The zero-order valence-corrected chi connectivity index (χ0v) is 10.4. The zero-order valence-electron chi connectivity index (χ0n) is 10.4. The molecule has 0 aromatic carbocycles.